The number of phenolic OH excluding ortho intramolecular Hbond substituents is 1. The number of aliphatic imine (C=N–C) groups is 1. The van der Waals surface area contributed by atoms with Crippen molar-refractivity contribution in [2.24, 2.45) is 28.5 Å². The summed E-state index contributed by atoms with van der Waals surface area (Å²) in [6, 6.07) is 15.9. The third-order valence-corrected chi connectivity index (χ3v) is 11.3. The van der Waals surface area contributed by atoms with Gasteiger partial charge in [-0.1, -0.05) is 71.0 Å². The summed E-state index contributed by atoms with van der Waals surface area (Å²) < 4.78 is 0. The van der Waals surface area contributed by atoms with E-state index in [4.69, 9.17) is 5.73 Å². The highest BCUT2D eigenvalue weighted by Gasteiger charge is 2.62. The Balaban J connectivity index is 1.28. The molecule has 5 N–H and O–H groups in total. The van der Waals surface area contributed by atoms with Gasteiger partial charge in [-0.05, 0) is 97.1 Å². The lowest BCUT2D eigenvalue weighted by Crippen LogP contribution is -2.58. The fourth-order valence-electron chi connectivity index (χ4n) is 8.15. The van der Waals surface area contributed by atoms with Crippen LogP contribution >= 0.6 is 0 Å². The van der Waals surface area contributed by atoms with Crippen LogP contribution in [-0.4, -0.2) is 65.9 Å². The van der Waals surface area contributed by atoms with Crippen LogP contribution in [0.1, 0.15) is 89.8 Å². The normalized spacial score (nSPS) is 28.0. The first-order valence-corrected chi connectivity index (χ1v) is 17.5. The predicted octanol–water partition coefficient (Wildman–Crippen LogP) is 5.07. The quantitative estimate of drug-likeness (QED) is 0.132. The van der Waals surface area contributed by atoms with Gasteiger partial charge in [-0.15, -0.1) is 0 Å². The standard InChI is InChI=1S/C38H55N5O3/c1-6-34(39)40-17-10-11-18-41-35(45)32(20-25(2)3)42-36(46)38(28-12-8-7-9-13-28)23-29(38)24-43-19-16-37(5)26(4)33(43)21-27-14-15-30(44)22-31(27)37/h7-9,12-15,22,25-26,29,32-33,44H,6,10-11,16-21,23-24H2,1-5H3,(H2,39,40)(H,41,45)(H,42,46)/t26?,29?,32?,33?,37-,38+/m1/s1. The van der Waals surface area contributed by atoms with E-state index in [1.165, 1.54) is 11.1 Å². The fraction of sp³-hybridized carbons (Fsp3) is 0.605. The maximum absolute atomic E-state index is 14.3. The van der Waals surface area contributed by atoms with Crippen LogP contribution in [0.5, 0.6) is 5.75 Å². The first kappa shape index (κ1) is 34.0. The highest BCUT2D eigenvalue weighted by molar-refractivity contribution is 5.95. The Kier molecular flexibility index (Phi) is 10.5. The maximum Gasteiger partial charge on any atom is 0.242 e. The monoisotopic (exact) mass is 629 g/mol. The van der Waals surface area contributed by atoms with Crippen molar-refractivity contribution >= 4 is 17.6 Å². The zero-order valence-corrected chi connectivity index (χ0v) is 28.5. The average Bonchev–Trinajstić information content (AvgIpc) is 3.77. The van der Waals surface area contributed by atoms with E-state index in [0.29, 0.717) is 43.1 Å². The third-order valence-electron chi connectivity index (χ3n) is 11.3. The molecule has 46 heavy (non-hydrogen) atoms. The molecule has 0 radical (unpaired) electrons. The predicted molar refractivity (Wildman–Crippen MR) is 185 cm³/mol. The summed E-state index contributed by atoms with van der Waals surface area (Å²) >= 11 is 0. The summed E-state index contributed by atoms with van der Waals surface area (Å²) in [5.74, 6) is 1.72. The number of unbranched alkanes of at least 4 members (excludes halogenated alkanes) is 1. The number of phenols is 1. The van der Waals surface area contributed by atoms with Crippen molar-refractivity contribution in [2.75, 3.05) is 26.2 Å². The number of nitrogens with two attached hydrogens (primary N) is 1. The molecule has 0 spiro atoms. The Morgan fingerprint density at radius 3 is 2.63 bits per heavy atom. The summed E-state index contributed by atoms with van der Waals surface area (Å²) in [4.78, 5) is 34.7. The number of nitrogens with one attached hydrogen (secondary N) is 2. The number of aromatic hydroxyl groups is 1. The van der Waals surface area contributed by atoms with Crippen molar-refractivity contribution in [1.82, 2.24) is 15.5 Å². The van der Waals surface area contributed by atoms with Crippen molar-refractivity contribution in [1.29, 1.82) is 0 Å². The van der Waals surface area contributed by atoms with Gasteiger partial charge in [0.2, 0.25) is 11.8 Å². The molecule has 1 saturated carbocycles. The minimum atomic E-state index is -0.643. The third kappa shape index (κ3) is 6.97. The van der Waals surface area contributed by atoms with Gasteiger partial charge in [-0.3, -0.25) is 19.5 Å². The highest BCUT2D eigenvalue weighted by Crippen LogP contribution is 2.57. The number of benzene rings is 2. The molecule has 8 heteroatoms. The lowest BCUT2D eigenvalue weighted by atomic mass is 9.59. The Morgan fingerprint density at radius 1 is 1.15 bits per heavy atom. The van der Waals surface area contributed by atoms with Gasteiger partial charge in [0.25, 0.3) is 0 Å². The number of carbonyl (C=O) groups is 2. The summed E-state index contributed by atoms with van der Waals surface area (Å²) in [5.41, 5.74) is 8.84. The number of fused-ring (bicyclic) bond motifs is 4. The average molecular weight is 630 g/mol. The van der Waals surface area contributed by atoms with Crippen molar-refractivity contribution in [3.8, 4) is 5.75 Å². The molecular formula is C38H55N5O3. The van der Waals surface area contributed by atoms with Crippen LogP contribution in [-0.2, 0) is 26.8 Å². The van der Waals surface area contributed by atoms with Gasteiger partial charge in [0.15, 0.2) is 0 Å². The molecule has 5 rings (SSSR count). The molecule has 1 heterocycles. The smallest absolute Gasteiger partial charge is 0.242 e. The van der Waals surface area contributed by atoms with Gasteiger partial charge in [0, 0.05) is 32.1 Å². The number of nitrogens with zero attached hydrogens (tertiary/aromatic N) is 2. The number of amidine groups is 1. The number of likely N-dealkylation sites (tertiary alicyclic amines) is 1. The van der Waals surface area contributed by atoms with E-state index >= 15 is 0 Å². The molecule has 2 aromatic rings. The number of carbonyl (C=O) groups excluding carboxylic acids is 2. The molecule has 2 amide bonds. The molecular weight excluding hydrogens is 574 g/mol. The van der Waals surface area contributed by atoms with Gasteiger partial charge >= 0.3 is 0 Å². The number of amides is 2. The molecule has 3 aliphatic rings. The summed E-state index contributed by atoms with van der Waals surface area (Å²) in [6.45, 7) is 13.9. The summed E-state index contributed by atoms with van der Waals surface area (Å²) in [6.07, 6.45) is 5.75. The minimum Gasteiger partial charge on any atom is -0.508 e. The topological polar surface area (TPSA) is 120 Å². The van der Waals surface area contributed by atoms with Crippen LogP contribution < -0.4 is 16.4 Å². The Hall–Kier alpha value is -3.39. The van der Waals surface area contributed by atoms with E-state index < -0.39 is 11.5 Å². The molecule has 2 aliphatic carbocycles. The Morgan fingerprint density at radius 2 is 1.91 bits per heavy atom. The van der Waals surface area contributed by atoms with Crippen LogP contribution in [0.15, 0.2) is 53.5 Å². The van der Waals surface area contributed by atoms with Crippen LogP contribution in [0.25, 0.3) is 0 Å². The van der Waals surface area contributed by atoms with Crippen molar-refractivity contribution in [2.45, 2.75) is 102 Å². The van der Waals surface area contributed by atoms with Crippen LogP contribution in [0.3, 0.4) is 0 Å². The van der Waals surface area contributed by atoms with Gasteiger partial charge in [-0.25, -0.2) is 0 Å². The Labute approximate surface area is 275 Å². The van der Waals surface area contributed by atoms with E-state index in [0.717, 1.165) is 57.2 Å². The van der Waals surface area contributed by atoms with Gasteiger partial charge in [0.1, 0.15) is 11.8 Å². The van der Waals surface area contributed by atoms with E-state index in [1.807, 2.05) is 37.3 Å². The summed E-state index contributed by atoms with van der Waals surface area (Å²) in [7, 11) is 0. The first-order chi connectivity index (χ1) is 22.0. The largest absolute Gasteiger partial charge is 0.508 e. The second kappa shape index (κ2) is 14.2. The lowest BCUT2D eigenvalue weighted by Gasteiger charge is -2.55. The van der Waals surface area contributed by atoms with Gasteiger partial charge < -0.3 is 21.5 Å². The fourth-order valence-corrected chi connectivity index (χ4v) is 8.15. The Bertz CT molecular complexity index is 1410. The second-order valence-electron chi connectivity index (χ2n) is 14.7. The molecule has 8 nitrogen and oxygen atoms in total. The zero-order chi connectivity index (χ0) is 33.1. The van der Waals surface area contributed by atoms with E-state index in [2.05, 4.69) is 66.4 Å². The van der Waals surface area contributed by atoms with E-state index in [1.54, 1.807) is 0 Å². The van der Waals surface area contributed by atoms with E-state index in [9.17, 15) is 14.7 Å². The van der Waals surface area contributed by atoms with Crippen LogP contribution in [0, 0.1) is 17.8 Å². The number of piperidine rings is 1. The minimum absolute atomic E-state index is 0.0262. The van der Waals surface area contributed by atoms with E-state index in [-0.39, 0.29) is 29.1 Å². The molecule has 2 bridgehead atoms. The van der Waals surface area contributed by atoms with Gasteiger partial charge in [-0.2, -0.15) is 0 Å². The van der Waals surface area contributed by atoms with Crippen LogP contribution in [0.4, 0.5) is 0 Å². The number of hydrogen-bond acceptors (Lipinski definition) is 5. The lowest BCUT2D eigenvalue weighted by molar-refractivity contribution is -0.131. The molecule has 1 saturated heterocycles. The SMILES string of the molecule is CCC(N)=NCCCCNC(=O)C(CC(C)C)NC(=O)[C@]1(c2ccccc2)CC1CN1CC[C@@]2(C)c3cc(O)ccc3CC1C2C. The molecule has 250 valence electrons. The number of rotatable bonds is 14. The number of hydrogen-bond donors (Lipinski definition) is 4. The molecule has 2 fully saturated rings. The molecule has 1 aliphatic heterocycles. The van der Waals surface area contributed by atoms with Gasteiger partial charge in [0.05, 0.1) is 11.3 Å². The molecule has 2 aromatic carbocycles. The molecule has 6 atom stereocenters. The second-order valence-corrected chi connectivity index (χ2v) is 14.7. The first-order valence-electron chi connectivity index (χ1n) is 17.5. The summed E-state index contributed by atoms with van der Waals surface area (Å²) in [5, 5.41) is 16.6. The molecule has 4 unspecified atom stereocenters. The van der Waals surface area contributed by atoms with Crippen molar-refractivity contribution in [3.63, 3.8) is 0 Å². The van der Waals surface area contributed by atoms with Crippen LogP contribution in [0.2, 0.25) is 0 Å². The maximum atomic E-state index is 14.3. The zero-order valence-electron chi connectivity index (χ0n) is 28.5. The van der Waals surface area contributed by atoms with Crippen molar-refractivity contribution in [3.05, 3.63) is 65.2 Å². The van der Waals surface area contributed by atoms with Crippen molar-refractivity contribution < 1.29 is 14.7 Å². The molecule has 0 aromatic heterocycles. The highest BCUT2D eigenvalue weighted by atomic mass is 16.3.